The lowest BCUT2D eigenvalue weighted by Gasteiger charge is -2.25. The second-order valence-electron chi connectivity index (χ2n) is 10.3. The van der Waals surface area contributed by atoms with Crippen LogP contribution in [0.4, 0.5) is 5.82 Å². The molecule has 2 aromatic carbocycles. The fraction of sp³-hybridized carbons (Fsp3) is 0.310. The van der Waals surface area contributed by atoms with Crippen molar-refractivity contribution in [3.8, 4) is 5.75 Å². The normalized spacial score (nSPS) is 17.6. The molecule has 1 atom stereocenters. The van der Waals surface area contributed by atoms with Gasteiger partial charge in [-0.25, -0.2) is 0 Å². The Labute approximate surface area is 211 Å². The van der Waals surface area contributed by atoms with E-state index >= 15 is 0 Å². The van der Waals surface area contributed by atoms with Gasteiger partial charge in [0.25, 0.3) is 5.78 Å². The number of aromatic nitrogens is 2. The summed E-state index contributed by atoms with van der Waals surface area (Å²) in [6, 6.07) is 17.0. The van der Waals surface area contributed by atoms with Crippen LogP contribution in [-0.4, -0.2) is 32.6 Å². The molecule has 0 spiro atoms. The minimum absolute atomic E-state index is 0.00385. The number of Topliss-reactive ketones (excluding diaryl/α,β-unsaturated/α-hetero) is 1. The van der Waals surface area contributed by atoms with Crippen molar-refractivity contribution >= 4 is 23.3 Å². The van der Waals surface area contributed by atoms with Crippen molar-refractivity contribution in [2.24, 2.45) is 0 Å². The van der Waals surface area contributed by atoms with Crippen molar-refractivity contribution in [2.45, 2.75) is 59.1 Å². The summed E-state index contributed by atoms with van der Waals surface area (Å²) >= 11 is 0. The molecule has 1 saturated heterocycles. The number of amides is 1. The molecule has 0 saturated carbocycles. The number of aryl methyl sites for hydroxylation is 1. The average Bonchev–Trinajstić information content (AvgIpc) is 3.09. The van der Waals surface area contributed by atoms with Gasteiger partial charge < -0.3 is 9.84 Å². The van der Waals surface area contributed by atoms with Crippen molar-refractivity contribution in [3.05, 3.63) is 88.6 Å². The van der Waals surface area contributed by atoms with Gasteiger partial charge in [0, 0.05) is 5.56 Å². The van der Waals surface area contributed by atoms with E-state index in [9.17, 15) is 14.7 Å². The number of hydrogen-bond acceptors (Lipinski definition) is 6. The van der Waals surface area contributed by atoms with Crippen LogP contribution in [-0.2, 0) is 9.59 Å². The van der Waals surface area contributed by atoms with E-state index in [1.54, 1.807) is 55.5 Å². The fourth-order valence-corrected chi connectivity index (χ4v) is 4.16. The summed E-state index contributed by atoms with van der Waals surface area (Å²) in [5.74, 6) is -0.567. The third-order valence-corrected chi connectivity index (χ3v) is 5.95. The Morgan fingerprint density at radius 3 is 2.11 bits per heavy atom. The van der Waals surface area contributed by atoms with Crippen LogP contribution in [0.3, 0.4) is 0 Å². The molecule has 1 aliphatic heterocycles. The van der Waals surface area contributed by atoms with Crippen LogP contribution in [0.5, 0.6) is 5.75 Å². The summed E-state index contributed by atoms with van der Waals surface area (Å²) < 4.78 is 5.93. The van der Waals surface area contributed by atoms with E-state index in [2.05, 4.69) is 24.0 Å². The molecule has 7 nitrogen and oxygen atoms in total. The van der Waals surface area contributed by atoms with Crippen LogP contribution < -0.4 is 9.64 Å². The van der Waals surface area contributed by atoms with Crippen molar-refractivity contribution in [1.29, 1.82) is 0 Å². The maximum Gasteiger partial charge on any atom is 0.301 e. The average molecular weight is 486 g/mol. The van der Waals surface area contributed by atoms with Crippen molar-refractivity contribution < 1.29 is 19.4 Å². The van der Waals surface area contributed by atoms with Crippen LogP contribution in [0.2, 0.25) is 0 Å². The van der Waals surface area contributed by atoms with Gasteiger partial charge >= 0.3 is 5.91 Å². The van der Waals surface area contributed by atoms with Crippen LogP contribution in [0.1, 0.15) is 69.0 Å². The predicted molar refractivity (Wildman–Crippen MR) is 139 cm³/mol. The largest absolute Gasteiger partial charge is 0.507 e. The molecule has 0 bridgehead atoms. The molecule has 7 heteroatoms. The molecule has 1 aromatic heterocycles. The number of benzene rings is 2. The minimum atomic E-state index is -0.879. The first kappa shape index (κ1) is 25.1. The van der Waals surface area contributed by atoms with Crippen molar-refractivity contribution in [2.75, 3.05) is 4.90 Å². The van der Waals surface area contributed by atoms with E-state index in [0.29, 0.717) is 28.5 Å². The third-order valence-electron chi connectivity index (χ3n) is 5.95. The summed E-state index contributed by atoms with van der Waals surface area (Å²) in [6.45, 7) is 11.8. The highest BCUT2D eigenvalue weighted by Gasteiger charge is 2.47. The first-order valence-electron chi connectivity index (χ1n) is 12.0. The topological polar surface area (TPSA) is 92.6 Å². The molecule has 4 rings (SSSR count). The van der Waals surface area contributed by atoms with Gasteiger partial charge in [0.05, 0.1) is 17.3 Å². The van der Waals surface area contributed by atoms with Gasteiger partial charge in [-0.1, -0.05) is 50.2 Å². The Hall–Kier alpha value is -4.00. The van der Waals surface area contributed by atoms with Crippen LogP contribution >= 0.6 is 0 Å². The van der Waals surface area contributed by atoms with E-state index in [1.807, 2.05) is 32.9 Å². The zero-order valence-electron chi connectivity index (χ0n) is 21.4. The summed E-state index contributed by atoms with van der Waals surface area (Å²) in [6.07, 6.45) is 0. The molecular weight excluding hydrogens is 454 g/mol. The van der Waals surface area contributed by atoms with Crippen LogP contribution in [0.25, 0.3) is 5.76 Å². The van der Waals surface area contributed by atoms with E-state index in [4.69, 9.17) is 4.74 Å². The second kappa shape index (κ2) is 9.57. The van der Waals surface area contributed by atoms with Crippen LogP contribution in [0.15, 0.2) is 66.2 Å². The molecule has 2 heterocycles. The molecule has 1 fully saturated rings. The lowest BCUT2D eigenvalue weighted by atomic mass is 9.94. The molecule has 1 amide bonds. The number of carbonyl (C=O) groups is 2. The number of rotatable bonds is 5. The second-order valence-corrected chi connectivity index (χ2v) is 10.3. The number of hydrogen-bond donors (Lipinski definition) is 1. The number of nitrogens with zero attached hydrogens (tertiary/aromatic N) is 3. The lowest BCUT2D eigenvalue weighted by molar-refractivity contribution is -0.132. The molecule has 1 aliphatic rings. The van der Waals surface area contributed by atoms with Gasteiger partial charge in [-0.05, 0) is 69.0 Å². The highest BCUT2D eigenvalue weighted by atomic mass is 16.5. The molecule has 0 aliphatic carbocycles. The van der Waals surface area contributed by atoms with Gasteiger partial charge in [-0.3, -0.25) is 14.5 Å². The molecule has 0 radical (unpaired) electrons. The first-order valence-corrected chi connectivity index (χ1v) is 12.0. The van der Waals surface area contributed by atoms with Gasteiger partial charge in [0.2, 0.25) is 0 Å². The first-order chi connectivity index (χ1) is 17.0. The zero-order chi connectivity index (χ0) is 26.2. The monoisotopic (exact) mass is 485 g/mol. The van der Waals surface area contributed by atoms with Gasteiger partial charge in [0.15, 0.2) is 5.82 Å². The highest BCUT2D eigenvalue weighted by Crippen LogP contribution is 2.42. The maximum absolute atomic E-state index is 13.3. The summed E-state index contributed by atoms with van der Waals surface area (Å²) in [5, 5.41) is 19.5. The number of ether oxygens (including phenoxy) is 1. The van der Waals surface area contributed by atoms with Crippen molar-refractivity contribution in [3.63, 3.8) is 0 Å². The molecule has 1 N–H and O–H groups in total. The SMILES string of the molecule is Cc1ccc(N2C(=O)C(=O)C(=C(O)c3ccc(C(C)C)cc3)C2c2ccc(OC(C)(C)C)cc2)nn1. The molecule has 1 unspecified atom stereocenters. The number of ketones is 1. The Bertz CT molecular complexity index is 1300. The van der Waals surface area contributed by atoms with E-state index in [-0.39, 0.29) is 22.8 Å². The predicted octanol–water partition coefficient (Wildman–Crippen LogP) is 5.71. The number of carbonyl (C=O) groups excluding carboxylic acids is 2. The number of aliphatic hydroxyl groups is 1. The zero-order valence-corrected chi connectivity index (χ0v) is 21.4. The van der Waals surface area contributed by atoms with E-state index < -0.39 is 17.7 Å². The number of aliphatic hydroxyl groups excluding tert-OH is 1. The van der Waals surface area contributed by atoms with Crippen LogP contribution in [0, 0.1) is 6.92 Å². The molecule has 36 heavy (non-hydrogen) atoms. The Morgan fingerprint density at radius 2 is 1.58 bits per heavy atom. The van der Waals surface area contributed by atoms with Gasteiger partial charge in [-0.15, -0.1) is 5.10 Å². The Morgan fingerprint density at radius 1 is 0.944 bits per heavy atom. The Kier molecular flexibility index (Phi) is 6.67. The standard InChI is InChI=1S/C29H31N3O4/c1-17(2)19-8-10-21(11-9-19)26(33)24-25(20-12-14-22(15-13-20)36-29(4,5)6)32(28(35)27(24)34)23-16-7-18(3)30-31-23/h7-17,25,33H,1-6H3. The Balaban J connectivity index is 1.85. The summed E-state index contributed by atoms with van der Waals surface area (Å²) in [7, 11) is 0. The summed E-state index contributed by atoms with van der Waals surface area (Å²) in [4.78, 5) is 27.9. The smallest absolute Gasteiger partial charge is 0.301 e. The molecular formula is C29H31N3O4. The van der Waals surface area contributed by atoms with Gasteiger partial charge in [0.1, 0.15) is 17.1 Å². The van der Waals surface area contributed by atoms with Crippen molar-refractivity contribution in [1.82, 2.24) is 10.2 Å². The number of anilines is 1. The van der Waals surface area contributed by atoms with E-state index in [1.165, 1.54) is 4.90 Å². The lowest BCUT2D eigenvalue weighted by Crippen LogP contribution is -2.30. The minimum Gasteiger partial charge on any atom is -0.507 e. The van der Waals surface area contributed by atoms with Gasteiger partial charge in [-0.2, -0.15) is 5.10 Å². The fourth-order valence-electron chi connectivity index (χ4n) is 4.16. The maximum atomic E-state index is 13.3. The highest BCUT2D eigenvalue weighted by molar-refractivity contribution is 6.51. The quantitative estimate of drug-likeness (QED) is 0.283. The molecule has 186 valence electrons. The third kappa shape index (κ3) is 5.00. The molecule has 3 aromatic rings. The summed E-state index contributed by atoms with van der Waals surface area (Å²) in [5.41, 5.74) is 2.51. The van der Waals surface area contributed by atoms with E-state index in [0.717, 1.165) is 5.56 Å².